The monoisotopic (exact) mass is 157 g/mol. The number of azide groups is 1. The van der Waals surface area contributed by atoms with E-state index in [1.165, 1.54) is 0 Å². The molecule has 0 aromatic heterocycles. The third kappa shape index (κ3) is 6.33. The van der Waals surface area contributed by atoms with Gasteiger partial charge in [-0.2, -0.15) is 0 Å². The number of carbonyl (C=O) groups excluding carboxylic acids is 1. The number of carboxylic acids is 1. The van der Waals surface area contributed by atoms with E-state index < -0.39 is 11.9 Å². The summed E-state index contributed by atoms with van der Waals surface area (Å²) in [4.78, 5) is 22.6. The molecule has 60 valence electrons. The molecular formula is C5H7N3O3. The Labute approximate surface area is 62.5 Å². The lowest BCUT2D eigenvalue weighted by Crippen LogP contribution is -1.97. The van der Waals surface area contributed by atoms with Crippen LogP contribution in [0.5, 0.6) is 0 Å². The van der Waals surface area contributed by atoms with Crippen molar-refractivity contribution in [2.75, 3.05) is 0 Å². The summed E-state index contributed by atoms with van der Waals surface area (Å²) in [6, 6.07) is 0. The van der Waals surface area contributed by atoms with Gasteiger partial charge in [-0.15, -0.1) is 0 Å². The van der Waals surface area contributed by atoms with Gasteiger partial charge in [0.15, 0.2) is 0 Å². The van der Waals surface area contributed by atoms with Crippen LogP contribution in [0.3, 0.4) is 0 Å². The minimum Gasteiger partial charge on any atom is -0.481 e. The molecule has 1 N–H and O–H groups in total. The van der Waals surface area contributed by atoms with Crippen LogP contribution in [0.25, 0.3) is 10.4 Å². The molecule has 0 saturated carbocycles. The van der Waals surface area contributed by atoms with E-state index in [1.807, 2.05) is 0 Å². The highest BCUT2D eigenvalue weighted by Gasteiger charge is 2.00. The predicted molar refractivity (Wildman–Crippen MR) is 35.6 cm³/mol. The normalized spacial score (nSPS) is 8.36. The summed E-state index contributed by atoms with van der Waals surface area (Å²) in [5.41, 5.74) is 7.77. The fourth-order valence-electron chi connectivity index (χ4n) is 0.491. The van der Waals surface area contributed by atoms with Crippen LogP contribution in [0, 0.1) is 0 Å². The fourth-order valence-corrected chi connectivity index (χ4v) is 0.491. The first-order valence-electron chi connectivity index (χ1n) is 2.96. The Hall–Kier alpha value is -1.55. The molecule has 0 radical (unpaired) electrons. The van der Waals surface area contributed by atoms with E-state index in [2.05, 4.69) is 10.0 Å². The first kappa shape index (κ1) is 9.45. The van der Waals surface area contributed by atoms with Crippen molar-refractivity contribution in [2.24, 2.45) is 5.11 Å². The first-order chi connectivity index (χ1) is 5.16. The van der Waals surface area contributed by atoms with Gasteiger partial charge in [-0.25, -0.2) is 0 Å². The first-order valence-corrected chi connectivity index (χ1v) is 2.96. The van der Waals surface area contributed by atoms with Gasteiger partial charge in [0.2, 0.25) is 5.91 Å². The molecule has 0 unspecified atom stereocenters. The Morgan fingerprint density at radius 2 is 2.09 bits per heavy atom. The van der Waals surface area contributed by atoms with E-state index in [1.54, 1.807) is 0 Å². The standard InChI is InChI=1S/C5H7N3O3/c6-8-7-4(9)2-1-3-5(10)11/h1-3H2,(H,10,11). The smallest absolute Gasteiger partial charge is 0.303 e. The number of rotatable bonds is 4. The molecule has 0 heterocycles. The second-order valence-corrected chi connectivity index (χ2v) is 1.83. The molecule has 0 rings (SSSR count). The molecule has 0 atom stereocenters. The van der Waals surface area contributed by atoms with Crippen molar-refractivity contribution in [3.63, 3.8) is 0 Å². The summed E-state index contributed by atoms with van der Waals surface area (Å²) in [6.07, 6.45) is 0.135. The van der Waals surface area contributed by atoms with Crippen molar-refractivity contribution >= 4 is 11.9 Å². The average molecular weight is 157 g/mol. The minimum atomic E-state index is -0.960. The summed E-state index contributed by atoms with van der Waals surface area (Å²) in [6.45, 7) is 0. The molecule has 0 aliphatic rings. The molecule has 1 amide bonds. The molecule has 0 aromatic rings. The lowest BCUT2D eigenvalue weighted by atomic mass is 10.2. The summed E-state index contributed by atoms with van der Waals surface area (Å²) in [5.74, 6) is -1.58. The molecule has 6 nitrogen and oxygen atoms in total. The second-order valence-electron chi connectivity index (χ2n) is 1.83. The van der Waals surface area contributed by atoms with Crippen LogP contribution in [-0.4, -0.2) is 17.0 Å². The number of aliphatic carboxylic acids is 1. The lowest BCUT2D eigenvalue weighted by molar-refractivity contribution is -0.137. The van der Waals surface area contributed by atoms with E-state index in [-0.39, 0.29) is 19.3 Å². The van der Waals surface area contributed by atoms with E-state index >= 15 is 0 Å². The maximum atomic E-state index is 10.4. The van der Waals surface area contributed by atoms with Gasteiger partial charge in [0.1, 0.15) is 0 Å². The van der Waals surface area contributed by atoms with Crippen molar-refractivity contribution in [2.45, 2.75) is 19.3 Å². The third-order valence-corrected chi connectivity index (χ3v) is 0.938. The number of hydrogen-bond acceptors (Lipinski definition) is 2. The highest BCUT2D eigenvalue weighted by atomic mass is 16.4. The summed E-state index contributed by atoms with van der Waals surface area (Å²) >= 11 is 0. The Morgan fingerprint density at radius 3 is 2.55 bits per heavy atom. The van der Waals surface area contributed by atoms with Crippen LogP contribution in [0.1, 0.15) is 19.3 Å². The van der Waals surface area contributed by atoms with Crippen molar-refractivity contribution < 1.29 is 14.7 Å². The minimum absolute atomic E-state index is 0.00361. The van der Waals surface area contributed by atoms with Gasteiger partial charge in [-0.1, -0.05) is 0 Å². The maximum Gasteiger partial charge on any atom is 0.303 e. The van der Waals surface area contributed by atoms with Gasteiger partial charge in [-0.05, 0) is 17.1 Å². The van der Waals surface area contributed by atoms with Gasteiger partial charge >= 0.3 is 5.97 Å². The van der Waals surface area contributed by atoms with Gasteiger partial charge < -0.3 is 5.11 Å². The Morgan fingerprint density at radius 1 is 1.45 bits per heavy atom. The molecule has 11 heavy (non-hydrogen) atoms. The van der Waals surface area contributed by atoms with Crippen molar-refractivity contribution in [3.8, 4) is 0 Å². The number of hydrogen-bond donors (Lipinski definition) is 1. The average Bonchev–Trinajstić information content (AvgIpc) is 1.87. The van der Waals surface area contributed by atoms with Crippen LogP contribution in [0.2, 0.25) is 0 Å². The molecule has 0 saturated heterocycles. The quantitative estimate of drug-likeness (QED) is 0.375. The van der Waals surface area contributed by atoms with Gasteiger partial charge in [0.25, 0.3) is 0 Å². The maximum absolute atomic E-state index is 10.4. The SMILES string of the molecule is [N-]=[N+]=NC(=O)CCCC(=O)O. The van der Waals surface area contributed by atoms with Crippen LogP contribution in [0.15, 0.2) is 5.11 Å². The van der Waals surface area contributed by atoms with Crippen molar-refractivity contribution in [3.05, 3.63) is 10.4 Å². The zero-order valence-corrected chi connectivity index (χ0v) is 5.73. The van der Waals surface area contributed by atoms with Crippen molar-refractivity contribution in [1.29, 1.82) is 0 Å². The highest BCUT2D eigenvalue weighted by molar-refractivity contribution is 5.77. The molecule has 0 aromatic carbocycles. The molecule has 0 aliphatic carbocycles. The van der Waals surface area contributed by atoms with Gasteiger partial charge in [0.05, 0.1) is 0 Å². The van der Waals surface area contributed by atoms with E-state index in [0.717, 1.165) is 0 Å². The van der Waals surface area contributed by atoms with Gasteiger partial charge in [0, 0.05) is 17.8 Å². The lowest BCUT2D eigenvalue weighted by Gasteiger charge is -1.89. The zero-order chi connectivity index (χ0) is 8.69. The number of nitrogens with zero attached hydrogens (tertiary/aromatic N) is 3. The highest BCUT2D eigenvalue weighted by Crippen LogP contribution is 1.96. The zero-order valence-electron chi connectivity index (χ0n) is 5.73. The number of carboxylic acid groups (broad SMARTS) is 1. The Balaban J connectivity index is 3.47. The molecule has 6 heteroatoms. The van der Waals surface area contributed by atoms with Crippen LogP contribution in [-0.2, 0) is 9.59 Å². The van der Waals surface area contributed by atoms with Crippen LogP contribution in [0.4, 0.5) is 0 Å². The van der Waals surface area contributed by atoms with Gasteiger partial charge in [-0.3, -0.25) is 9.59 Å². The van der Waals surface area contributed by atoms with E-state index in [9.17, 15) is 9.59 Å². The third-order valence-electron chi connectivity index (χ3n) is 0.938. The Bertz CT molecular complexity index is 207. The van der Waals surface area contributed by atoms with Crippen LogP contribution < -0.4 is 0 Å². The number of amides is 1. The van der Waals surface area contributed by atoms with E-state index in [0.29, 0.717) is 0 Å². The molecule has 0 aliphatic heterocycles. The predicted octanol–water partition coefficient (Wildman–Crippen LogP) is 1.08. The Kier molecular flexibility index (Phi) is 4.51. The summed E-state index contributed by atoms with van der Waals surface area (Å²) in [5, 5.41) is 10.9. The number of carbonyl (C=O) groups is 2. The van der Waals surface area contributed by atoms with E-state index in [4.69, 9.17) is 10.6 Å². The fraction of sp³-hybridized carbons (Fsp3) is 0.600. The molecule has 0 spiro atoms. The second kappa shape index (κ2) is 5.25. The molecule has 0 fully saturated rings. The largest absolute Gasteiger partial charge is 0.481 e. The molecular weight excluding hydrogens is 150 g/mol. The van der Waals surface area contributed by atoms with Crippen LogP contribution >= 0.6 is 0 Å². The molecule has 0 bridgehead atoms. The van der Waals surface area contributed by atoms with Crippen molar-refractivity contribution in [1.82, 2.24) is 0 Å². The summed E-state index contributed by atoms with van der Waals surface area (Å²) in [7, 11) is 0. The summed E-state index contributed by atoms with van der Waals surface area (Å²) < 4.78 is 0. The topological polar surface area (TPSA) is 103 Å².